The van der Waals surface area contributed by atoms with Gasteiger partial charge in [0.05, 0.1) is 11.7 Å². The predicted octanol–water partition coefficient (Wildman–Crippen LogP) is 4.58. The van der Waals surface area contributed by atoms with Gasteiger partial charge in [0.25, 0.3) is 11.8 Å². The number of aromatic nitrogens is 1. The third-order valence-electron chi connectivity index (χ3n) is 7.21. The number of aryl methyl sites for hydroxylation is 1. The summed E-state index contributed by atoms with van der Waals surface area (Å²) in [4.78, 5) is 33.0. The fraction of sp³-hybridized carbons (Fsp3) is 0.258. The second-order valence-corrected chi connectivity index (χ2v) is 10.9. The number of ether oxygens (including phenoxy) is 2. The van der Waals surface area contributed by atoms with E-state index in [0.29, 0.717) is 30.8 Å². The van der Waals surface area contributed by atoms with Crippen molar-refractivity contribution in [2.45, 2.75) is 32.0 Å². The number of hydrogen-bond donors (Lipinski definition) is 2. The Morgan fingerprint density at radius 2 is 1.82 bits per heavy atom. The van der Waals surface area contributed by atoms with E-state index >= 15 is 0 Å². The molecule has 0 saturated carbocycles. The molecule has 4 aromatic rings. The van der Waals surface area contributed by atoms with Gasteiger partial charge < -0.3 is 25.0 Å². The molecule has 4 bridgehead atoms. The molecule has 2 atom stereocenters. The van der Waals surface area contributed by atoms with Gasteiger partial charge in [0, 0.05) is 42.6 Å². The van der Waals surface area contributed by atoms with Crippen molar-refractivity contribution in [2.75, 3.05) is 24.6 Å². The lowest BCUT2D eigenvalue weighted by Crippen LogP contribution is -2.57. The second kappa shape index (κ2) is 11.4. The van der Waals surface area contributed by atoms with Crippen molar-refractivity contribution in [3.63, 3.8) is 0 Å². The number of nitrogens with one attached hydrogen (secondary N) is 2. The highest BCUT2D eigenvalue weighted by molar-refractivity contribution is 7.14. The van der Waals surface area contributed by atoms with Crippen molar-refractivity contribution in [3.8, 4) is 22.8 Å². The molecule has 0 radical (unpaired) electrons. The van der Waals surface area contributed by atoms with Crippen LogP contribution in [0.4, 0.5) is 5.13 Å². The largest absolute Gasteiger partial charge is 0.488 e. The lowest BCUT2D eigenvalue weighted by molar-refractivity contribution is -0.123. The van der Waals surface area contributed by atoms with Crippen LogP contribution in [0.1, 0.15) is 27.9 Å². The molecule has 3 aliphatic rings. The first-order valence-electron chi connectivity index (χ1n) is 13.3. The molecular formula is C31H30N4O4S. The summed E-state index contributed by atoms with van der Waals surface area (Å²) in [5.74, 6) is 0.769. The van der Waals surface area contributed by atoms with Crippen LogP contribution in [0.15, 0.2) is 78.2 Å². The van der Waals surface area contributed by atoms with E-state index in [1.165, 1.54) is 0 Å². The van der Waals surface area contributed by atoms with Gasteiger partial charge in [-0.15, -0.1) is 11.3 Å². The molecule has 1 saturated heterocycles. The van der Waals surface area contributed by atoms with Gasteiger partial charge >= 0.3 is 0 Å². The summed E-state index contributed by atoms with van der Waals surface area (Å²) in [7, 11) is 0. The minimum atomic E-state index is -0.283. The highest BCUT2D eigenvalue weighted by Gasteiger charge is 2.34. The Bertz CT molecular complexity index is 1510. The summed E-state index contributed by atoms with van der Waals surface area (Å²) in [5, 5.41) is 9.08. The molecule has 0 unspecified atom stereocenters. The average molecular weight is 555 g/mol. The highest BCUT2D eigenvalue weighted by Crippen LogP contribution is 2.30. The number of thiazole rings is 1. The van der Waals surface area contributed by atoms with Gasteiger partial charge in [-0.1, -0.05) is 48.5 Å². The Balaban J connectivity index is 1.28. The van der Waals surface area contributed by atoms with Gasteiger partial charge in [-0.05, 0) is 42.3 Å². The molecule has 4 heterocycles. The molecule has 0 spiro atoms. The van der Waals surface area contributed by atoms with Crippen molar-refractivity contribution in [1.82, 2.24) is 15.6 Å². The summed E-state index contributed by atoms with van der Waals surface area (Å²) in [6.07, 6.45) is 0.488. The quantitative estimate of drug-likeness (QED) is 0.377. The maximum atomic E-state index is 13.5. The zero-order valence-electron chi connectivity index (χ0n) is 22.1. The van der Waals surface area contributed by atoms with Gasteiger partial charge in [0.15, 0.2) is 11.7 Å². The molecule has 1 aromatic heterocycles. The van der Waals surface area contributed by atoms with E-state index in [0.717, 1.165) is 39.8 Å². The van der Waals surface area contributed by atoms with Gasteiger partial charge in [-0.3, -0.25) is 9.59 Å². The Morgan fingerprint density at radius 1 is 1.00 bits per heavy atom. The van der Waals surface area contributed by atoms with Crippen LogP contribution in [0.25, 0.3) is 11.3 Å². The zero-order valence-corrected chi connectivity index (χ0v) is 22.9. The number of anilines is 1. The highest BCUT2D eigenvalue weighted by atomic mass is 32.1. The molecule has 2 amide bonds. The molecule has 8 nitrogen and oxygen atoms in total. The van der Waals surface area contributed by atoms with E-state index in [4.69, 9.17) is 14.5 Å². The van der Waals surface area contributed by atoms with Gasteiger partial charge in [-0.2, -0.15) is 0 Å². The SMILES string of the molecule is Cc1ccc2cc1OCC(=O)NCc1ccc(cc1)O[C@H]1CCN(c3nc(-c4ccccc4)cs3)C[C@@H]1NC2=O. The van der Waals surface area contributed by atoms with Crippen LogP contribution in [0.3, 0.4) is 0 Å². The number of carbonyl (C=O) groups excluding carboxylic acids is 2. The Morgan fingerprint density at radius 3 is 2.65 bits per heavy atom. The number of nitrogens with zero attached hydrogens (tertiary/aromatic N) is 2. The minimum absolute atomic E-state index is 0.133. The fourth-order valence-corrected chi connectivity index (χ4v) is 5.81. The van der Waals surface area contributed by atoms with Crippen LogP contribution < -0.4 is 25.0 Å². The van der Waals surface area contributed by atoms with Crippen LogP contribution in [-0.4, -0.2) is 48.6 Å². The number of carbonyl (C=O) groups is 2. The lowest BCUT2D eigenvalue weighted by atomic mass is 10.0. The Labute approximate surface area is 237 Å². The first-order chi connectivity index (χ1) is 19.5. The lowest BCUT2D eigenvalue weighted by Gasteiger charge is -2.38. The molecule has 40 heavy (non-hydrogen) atoms. The first-order valence-corrected chi connectivity index (χ1v) is 14.2. The average Bonchev–Trinajstić information content (AvgIpc) is 3.48. The molecule has 9 heteroatoms. The van der Waals surface area contributed by atoms with Crippen LogP contribution >= 0.6 is 11.3 Å². The Hall–Kier alpha value is -4.37. The van der Waals surface area contributed by atoms with E-state index in [1.54, 1.807) is 23.5 Å². The predicted molar refractivity (Wildman–Crippen MR) is 155 cm³/mol. The summed E-state index contributed by atoms with van der Waals surface area (Å²) in [5.41, 5.74) is 4.29. The topological polar surface area (TPSA) is 92.8 Å². The molecule has 204 valence electrons. The number of fused-ring (bicyclic) bond motifs is 7. The van der Waals surface area contributed by atoms with Crippen molar-refractivity contribution < 1.29 is 19.1 Å². The summed E-state index contributed by atoms with van der Waals surface area (Å²) in [6.45, 7) is 3.46. The third-order valence-corrected chi connectivity index (χ3v) is 8.11. The molecule has 1 fully saturated rings. The molecule has 2 N–H and O–H groups in total. The van der Waals surface area contributed by atoms with E-state index in [2.05, 4.69) is 33.0 Å². The van der Waals surface area contributed by atoms with Crippen molar-refractivity contribution in [3.05, 3.63) is 94.9 Å². The van der Waals surface area contributed by atoms with Crippen molar-refractivity contribution in [1.29, 1.82) is 0 Å². The van der Waals surface area contributed by atoms with Gasteiger partial charge in [0.1, 0.15) is 17.6 Å². The van der Waals surface area contributed by atoms with Crippen LogP contribution in [0.5, 0.6) is 11.5 Å². The molecule has 3 aliphatic heterocycles. The number of piperidine rings is 1. The molecule has 3 aromatic carbocycles. The second-order valence-electron chi connectivity index (χ2n) is 10.0. The summed E-state index contributed by atoms with van der Waals surface area (Å²) < 4.78 is 12.2. The minimum Gasteiger partial charge on any atom is -0.488 e. The summed E-state index contributed by atoms with van der Waals surface area (Å²) in [6, 6.07) is 22.8. The van der Waals surface area contributed by atoms with Gasteiger partial charge in [-0.25, -0.2) is 4.98 Å². The molecule has 0 aliphatic carbocycles. The number of hydrogen-bond acceptors (Lipinski definition) is 7. The van der Waals surface area contributed by atoms with E-state index in [-0.39, 0.29) is 30.6 Å². The van der Waals surface area contributed by atoms with E-state index < -0.39 is 0 Å². The fourth-order valence-electron chi connectivity index (χ4n) is 4.94. The van der Waals surface area contributed by atoms with Crippen molar-refractivity contribution >= 4 is 28.3 Å². The monoisotopic (exact) mass is 554 g/mol. The maximum absolute atomic E-state index is 13.5. The first kappa shape index (κ1) is 25.9. The third kappa shape index (κ3) is 5.79. The van der Waals surface area contributed by atoms with Gasteiger partial charge in [0.2, 0.25) is 0 Å². The smallest absolute Gasteiger partial charge is 0.258 e. The van der Waals surface area contributed by atoms with Crippen LogP contribution in [0.2, 0.25) is 0 Å². The number of benzene rings is 3. The molecular weight excluding hydrogens is 524 g/mol. The Kier molecular flexibility index (Phi) is 7.37. The normalized spacial score (nSPS) is 19.5. The molecule has 7 rings (SSSR count). The van der Waals surface area contributed by atoms with Crippen molar-refractivity contribution in [2.24, 2.45) is 0 Å². The van der Waals surface area contributed by atoms with E-state index in [9.17, 15) is 9.59 Å². The maximum Gasteiger partial charge on any atom is 0.258 e. The zero-order chi connectivity index (χ0) is 27.5. The summed E-state index contributed by atoms with van der Waals surface area (Å²) >= 11 is 1.60. The number of rotatable bonds is 2. The van der Waals surface area contributed by atoms with Crippen LogP contribution in [-0.2, 0) is 11.3 Å². The number of amides is 2. The standard InChI is InChI=1S/C31H30N4O4S/c1-20-7-10-23-15-28(20)38-18-29(36)32-16-21-8-11-24(12-9-21)39-27-13-14-35(17-25(27)33-30(23)37)31-34-26(19-40-31)22-5-3-2-4-6-22/h2-12,15,19,25,27H,13-14,16-18H2,1H3,(H,32,36)(H,33,37)/t25-,27-/m0/s1. The van der Waals surface area contributed by atoms with E-state index in [1.807, 2.05) is 55.5 Å². The van der Waals surface area contributed by atoms with Crippen LogP contribution in [0, 0.1) is 6.92 Å².